The molecule has 2 rings (SSSR count). The number of aliphatic carboxylic acids is 1. The van der Waals surface area contributed by atoms with Gasteiger partial charge in [0.1, 0.15) is 11.5 Å². The molecular formula is C15H21NO5. The first-order valence-corrected chi connectivity index (χ1v) is 7.17. The van der Waals surface area contributed by atoms with E-state index in [1.807, 2.05) is 0 Å². The highest BCUT2D eigenvalue weighted by Gasteiger charge is 2.26. The molecule has 0 unspecified atom stereocenters. The van der Waals surface area contributed by atoms with Crippen molar-refractivity contribution >= 4 is 11.9 Å². The molecule has 1 aliphatic heterocycles. The van der Waals surface area contributed by atoms with E-state index in [9.17, 15) is 9.59 Å². The van der Waals surface area contributed by atoms with E-state index in [1.165, 1.54) is 0 Å². The molecule has 6 heteroatoms. The van der Waals surface area contributed by atoms with Crippen LogP contribution in [0.15, 0.2) is 10.5 Å². The molecule has 0 aliphatic carbocycles. The van der Waals surface area contributed by atoms with E-state index < -0.39 is 5.97 Å². The first-order valence-electron chi connectivity index (χ1n) is 7.17. The van der Waals surface area contributed by atoms with E-state index in [-0.39, 0.29) is 25.0 Å². The molecule has 1 atom stereocenters. The summed E-state index contributed by atoms with van der Waals surface area (Å²) in [5, 5.41) is 8.85. The Kier molecular flexibility index (Phi) is 5.01. The lowest BCUT2D eigenvalue weighted by Gasteiger charge is -2.24. The lowest BCUT2D eigenvalue weighted by Crippen LogP contribution is -2.38. The average molecular weight is 295 g/mol. The maximum Gasteiger partial charge on any atom is 0.305 e. The normalized spacial score (nSPS) is 17.9. The molecule has 1 saturated heterocycles. The van der Waals surface area contributed by atoms with Gasteiger partial charge >= 0.3 is 5.97 Å². The van der Waals surface area contributed by atoms with Crippen LogP contribution in [-0.4, -0.2) is 47.7 Å². The van der Waals surface area contributed by atoms with Crippen LogP contribution >= 0.6 is 0 Å². The number of ether oxygens (including phenoxy) is 1. The van der Waals surface area contributed by atoms with Gasteiger partial charge in [0.25, 0.3) is 5.91 Å². The predicted octanol–water partition coefficient (Wildman–Crippen LogP) is 1.99. The molecule has 0 aromatic carbocycles. The van der Waals surface area contributed by atoms with E-state index >= 15 is 0 Å². The minimum absolute atomic E-state index is 0.00366. The Morgan fingerprint density at radius 1 is 1.43 bits per heavy atom. The van der Waals surface area contributed by atoms with E-state index in [0.717, 1.165) is 12.8 Å². The lowest BCUT2D eigenvalue weighted by atomic mass is 10.1. The van der Waals surface area contributed by atoms with Crippen molar-refractivity contribution in [1.29, 1.82) is 0 Å². The van der Waals surface area contributed by atoms with Gasteiger partial charge in [-0.3, -0.25) is 9.59 Å². The fraction of sp³-hybridized carbons (Fsp3) is 0.600. The summed E-state index contributed by atoms with van der Waals surface area (Å²) in [6, 6.07) is 1.70. The van der Waals surface area contributed by atoms with Crippen molar-refractivity contribution in [2.75, 3.05) is 19.7 Å². The fourth-order valence-electron chi connectivity index (χ4n) is 2.55. The molecule has 1 aliphatic rings. The van der Waals surface area contributed by atoms with Gasteiger partial charge < -0.3 is 19.2 Å². The topological polar surface area (TPSA) is 80.0 Å². The second kappa shape index (κ2) is 6.76. The van der Waals surface area contributed by atoms with Crippen LogP contribution in [0.2, 0.25) is 0 Å². The number of carbonyl (C=O) groups is 2. The minimum atomic E-state index is -0.916. The van der Waals surface area contributed by atoms with Crippen LogP contribution in [0.3, 0.4) is 0 Å². The zero-order valence-electron chi connectivity index (χ0n) is 12.4. The van der Waals surface area contributed by atoms with Gasteiger partial charge in [-0.1, -0.05) is 0 Å². The molecule has 1 fully saturated rings. The van der Waals surface area contributed by atoms with Crippen LogP contribution < -0.4 is 0 Å². The molecule has 0 saturated carbocycles. The molecular weight excluding hydrogens is 274 g/mol. The summed E-state index contributed by atoms with van der Waals surface area (Å²) in [5.41, 5.74) is 0.496. The lowest BCUT2D eigenvalue weighted by molar-refractivity contribution is -0.137. The smallest absolute Gasteiger partial charge is 0.305 e. The van der Waals surface area contributed by atoms with Gasteiger partial charge in [0.15, 0.2) is 0 Å². The minimum Gasteiger partial charge on any atom is -0.481 e. The van der Waals surface area contributed by atoms with Crippen molar-refractivity contribution in [3.05, 3.63) is 23.2 Å². The molecule has 21 heavy (non-hydrogen) atoms. The van der Waals surface area contributed by atoms with Gasteiger partial charge in [0.2, 0.25) is 0 Å². The molecule has 1 amide bonds. The molecule has 116 valence electrons. The van der Waals surface area contributed by atoms with Crippen LogP contribution in [0.1, 0.15) is 41.1 Å². The van der Waals surface area contributed by atoms with Crippen LogP contribution in [0.25, 0.3) is 0 Å². The van der Waals surface area contributed by atoms with Gasteiger partial charge in [0, 0.05) is 19.7 Å². The summed E-state index contributed by atoms with van der Waals surface area (Å²) in [5.74, 6) is 0.123. The molecule has 0 bridgehead atoms. The standard InChI is InChI=1S/C15H21NO5/c1-10-8-13(11(2)21-10)15(19)16(6-5-14(17)18)9-12-4-3-7-20-12/h8,12H,3-7,9H2,1-2H3,(H,17,18)/t12-/m1/s1. The van der Waals surface area contributed by atoms with Crippen molar-refractivity contribution in [2.45, 2.75) is 39.2 Å². The third kappa shape index (κ3) is 4.07. The largest absolute Gasteiger partial charge is 0.481 e. The zero-order chi connectivity index (χ0) is 15.4. The van der Waals surface area contributed by atoms with Crippen molar-refractivity contribution in [3.63, 3.8) is 0 Å². The number of hydrogen-bond acceptors (Lipinski definition) is 4. The van der Waals surface area contributed by atoms with E-state index in [2.05, 4.69) is 0 Å². The van der Waals surface area contributed by atoms with Gasteiger partial charge in [-0.2, -0.15) is 0 Å². The Bertz CT molecular complexity index is 516. The number of carbonyl (C=O) groups excluding carboxylic acids is 1. The highest BCUT2D eigenvalue weighted by molar-refractivity contribution is 5.95. The number of carboxylic acid groups (broad SMARTS) is 1. The molecule has 2 heterocycles. The average Bonchev–Trinajstić information content (AvgIpc) is 3.03. The third-order valence-electron chi connectivity index (χ3n) is 3.60. The number of carboxylic acids is 1. The Morgan fingerprint density at radius 3 is 2.71 bits per heavy atom. The van der Waals surface area contributed by atoms with E-state index in [0.29, 0.717) is 30.2 Å². The highest BCUT2D eigenvalue weighted by Crippen LogP contribution is 2.19. The molecule has 1 aromatic rings. The van der Waals surface area contributed by atoms with Crippen molar-refractivity contribution < 1.29 is 23.8 Å². The third-order valence-corrected chi connectivity index (χ3v) is 3.60. The quantitative estimate of drug-likeness (QED) is 0.868. The first kappa shape index (κ1) is 15.6. The van der Waals surface area contributed by atoms with Crippen molar-refractivity contribution in [3.8, 4) is 0 Å². The Balaban J connectivity index is 2.10. The molecule has 1 aromatic heterocycles. The second-order valence-corrected chi connectivity index (χ2v) is 5.36. The summed E-state index contributed by atoms with van der Waals surface area (Å²) in [4.78, 5) is 24.9. The van der Waals surface area contributed by atoms with Gasteiger partial charge in [0.05, 0.1) is 18.1 Å². The summed E-state index contributed by atoms with van der Waals surface area (Å²) >= 11 is 0. The van der Waals surface area contributed by atoms with Gasteiger partial charge in [-0.15, -0.1) is 0 Å². The Morgan fingerprint density at radius 2 is 2.19 bits per heavy atom. The van der Waals surface area contributed by atoms with E-state index in [4.69, 9.17) is 14.3 Å². The Labute approximate surface area is 123 Å². The van der Waals surface area contributed by atoms with Crippen LogP contribution in [0.4, 0.5) is 0 Å². The van der Waals surface area contributed by atoms with Gasteiger partial charge in [-0.25, -0.2) is 0 Å². The van der Waals surface area contributed by atoms with Crippen LogP contribution in [0, 0.1) is 13.8 Å². The summed E-state index contributed by atoms with van der Waals surface area (Å²) in [6.07, 6.45) is 1.81. The number of hydrogen-bond donors (Lipinski definition) is 1. The Hall–Kier alpha value is -1.82. The van der Waals surface area contributed by atoms with Crippen LogP contribution in [0.5, 0.6) is 0 Å². The number of rotatable bonds is 6. The summed E-state index contributed by atoms with van der Waals surface area (Å²) < 4.78 is 10.9. The SMILES string of the molecule is Cc1cc(C(=O)N(CCC(=O)O)C[C@H]2CCCO2)c(C)o1. The number of furan rings is 1. The molecule has 0 spiro atoms. The second-order valence-electron chi connectivity index (χ2n) is 5.36. The maximum atomic E-state index is 12.6. The highest BCUT2D eigenvalue weighted by atomic mass is 16.5. The maximum absolute atomic E-state index is 12.6. The monoisotopic (exact) mass is 295 g/mol. The first-order chi connectivity index (χ1) is 9.97. The fourth-order valence-corrected chi connectivity index (χ4v) is 2.55. The summed E-state index contributed by atoms with van der Waals surface area (Å²) in [6.45, 7) is 4.83. The van der Waals surface area contributed by atoms with E-state index in [1.54, 1.807) is 24.8 Å². The summed E-state index contributed by atoms with van der Waals surface area (Å²) in [7, 11) is 0. The number of amides is 1. The molecule has 1 N–H and O–H groups in total. The van der Waals surface area contributed by atoms with Gasteiger partial charge in [-0.05, 0) is 32.8 Å². The number of aryl methyl sites for hydroxylation is 2. The molecule has 0 radical (unpaired) electrons. The number of nitrogens with zero attached hydrogens (tertiary/aromatic N) is 1. The molecule has 6 nitrogen and oxygen atoms in total. The predicted molar refractivity (Wildman–Crippen MR) is 75.3 cm³/mol. The van der Waals surface area contributed by atoms with Crippen LogP contribution in [-0.2, 0) is 9.53 Å². The van der Waals surface area contributed by atoms with Crippen molar-refractivity contribution in [1.82, 2.24) is 4.90 Å². The van der Waals surface area contributed by atoms with Crippen molar-refractivity contribution in [2.24, 2.45) is 0 Å². The zero-order valence-corrected chi connectivity index (χ0v) is 12.4.